The molecule has 0 fully saturated rings. The Labute approximate surface area is 199 Å². The van der Waals surface area contributed by atoms with E-state index in [0.29, 0.717) is 23.4 Å². The molecule has 3 aliphatic carbocycles. The van der Waals surface area contributed by atoms with Crippen LogP contribution in [-0.4, -0.2) is 50.5 Å². The van der Waals surface area contributed by atoms with Gasteiger partial charge in [-0.05, 0) is 49.6 Å². The summed E-state index contributed by atoms with van der Waals surface area (Å²) in [6.45, 7) is 0.510. The number of benzene rings is 1. The molecule has 5 rings (SSSR count). The van der Waals surface area contributed by atoms with Crippen LogP contribution in [0.1, 0.15) is 34.3 Å². The zero-order chi connectivity index (χ0) is 25.2. The predicted octanol–water partition coefficient (Wildman–Crippen LogP) is 1.56. The topological polar surface area (TPSA) is 183 Å². The number of aliphatic hydroxyl groups excluding tert-OH is 2. The number of hydrogen-bond acceptors (Lipinski definition) is 9. The van der Waals surface area contributed by atoms with Crippen LogP contribution in [0.5, 0.6) is 5.75 Å². The number of nitrogens with two attached hydrogens (primary N) is 1. The van der Waals surface area contributed by atoms with Gasteiger partial charge in [-0.3, -0.25) is 14.4 Å². The SMILES string of the molecule is CNCc1ccoc1-c1ccc(O)c2c1CC1C[C@H]3CC(O)=C(C(N)=O)C(=O)[C@@]3(O)C(O)=C1C2=O. The number of allylic oxidation sites excluding steroid dienone is 2. The van der Waals surface area contributed by atoms with E-state index in [1.165, 1.54) is 12.3 Å². The van der Waals surface area contributed by atoms with Gasteiger partial charge in [-0.25, -0.2) is 0 Å². The van der Waals surface area contributed by atoms with Crippen LogP contribution < -0.4 is 11.1 Å². The number of furan rings is 1. The maximum atomic E-state index is 13.6. The lowest BCUT2D eigenvalue weighted by Gasteiger charge is -2.45. The normalized spacial score (nSPS) is 25.9. The van der Waals surface area contributed by atoms with E-state index in [1.807, 2.05) is 0 Å². The molecule has 0 spiro atoms. The number of ketones is 2. The van der Waals surface area contributed by atoms with E-state index in [4.69, 9.17) is 10.2 Å². The summed E-state index contributed by atoms with van der Waals surface area (Å²) in [6, 6.07) is 4.81. The Morgan fingerprint density at radius 3 is 2.63 bits per heavy atom. The van der Waals surface area contributed by atoms with Crippen LogP contribution in [0.2, 0.25) is 0 Å². The van der Waals surface area contributed by atoms with Crippen molar-refractivity contribution in [1.29, 1.82) is 0 Å². The summed E-state index contributed by atoms with van der Waals surface area (Å²) in [5.74, 6) is -6.01. The maximum Gasteiger partial charge on any atom is 0.255 e. The molecule has 0 saturated carbocycles. The van der Waals surface area contributed by atoms with Crippen LogP contribution in [-0.2, 0) is 22.6 Å². The number of nitrogens with one attached hydrogen (secondary N) is 1. The molecule has 35 heavy (non-hydrogen) atoms. The van der Waals surface area contributed by atoms with Gasteiger partial charge in [-0.1, -0.05) is 0 Å². The summed E-state index contributed by atoms with van der Waals surface area (Å²) < 4.78 is 5.70. The molecule has 2 aromatic rings. The monoisotopic (exact) mass is 480 g/mol. The van der Waals surface area contributed by atoms with E-state index in [2.05, 4.69) is 5.32 Å². The van der Waals surface area contributed by atoms with Crippen molar-refractivity contribution in [3.05, 3.63) is 63.8 Å². The highest BCUT2D eigenvalue weighted by Gasteiger charge is 2.59. The van der Waals surface area contributed by atoms with Gasteiger partial charge in [0.15, 0.2) is 11.4 Å². The van der Waals surface area contributed by atoms with Crippen LogP contribution in [0, 0.1) is 11.8 Å². The molecule has 7 N–H and O–H groups in total. The maximum absolute atomic E-state index is 13.6. The second kappa shape index (κ2) is 7.82. The third-order valence-corrected chi connectivity index (χ3v) is 7.30. The second-order valence-electron chi connectivity index (χ2n) is 9.20. The molecule has 0 aliphatic heterocycles. The number of aromatic hydroxyl groups is 1. The Bertz CT molecular complexity index is 1370. The van der Waals surface area contributed by atoms with Crippen molar-refractivity contribution in [2.24, 2.45) is 17.6 Å². The molecule has 1 aromatic heterocycles. The fraction of sp³-hybridized carbons (Fsp3) is 0.320. The Balaban J connectivity index is 1.68. The number of hydrogen-bond donors (Lipinski definition) is 6. The number of phenolic OH excluding ortho intramolecular Hbond substituents is 1. The highest BCUT2D eigenvalue weighted by molar-refractivity contribution is 6.24. The molecule has 1 amide bonds. The van der Waals surface area contributed by atoms with Gasteiger partial charge in [0.2, 0.25) is 5.78 Å². The van der Waals surface area contributed by atoms with E-state index >= 15 is 0 Å². The Kier molecular flexibility index (Phi) is 5.11. The fourth-order valence-electron chi connectivity index (χ4n) is 5.73. The lowest BCUT2D eigenvalue weighted by molar-refractivity contribution is -0.144. The average molecular weight is 480 g/mol. The number of carbonyl (C=O) groups is 3. The third kappa shape index (κ3) is 3.06. The van der Waals surface area contributed by atoms with E-state index < -0.39 is 52.0 Å². The minimum atomic E-state index is -2.58. The van der Waals surface area contributed by atoms with Crippen LogP contribution in [0.15, 0.2) is 51.5 Å². The number of primary amides is 1. The number of fused-ring (bicyclic) bond motifs is 3. The number of aliphatic hydroxyl groups is 3. The molecular formula is C25H24N2O8. The minimum Gasteiger partial charge on any atom is -0.511 e. The lowest BCUT2D eigenvalue weighted by atomic mass is 9.60. The van der Waals surface area contributed by atoms with Crippen molar-refractivity contribution in [1.82, 2.24) is 5.32 Å². The summed E-state index contributed by atoms with van der Waals surface area (Å²) in [5, 5.41) is 46.3. The molecule has 10 nitrogen and oxygen atoms in total. The molecular weight excluding hydrogens is 456 g/mol. The van der Waals surface area contributed by atoms with Crippen molar-refractivity contribution in [2.45, 2.75) is 31.4 Å². The van der Waals surface area contributed by atoms with Gasteiger partial charge < -0.3 is 35.9 Å². The van der Waals surface area contributed by atoms with Gasteiger partial charge >= 0.3 is 0 Å². The third-order valence-electron chi connectivity index (χ3n) is 7.30. The van der Waals surface area contributed by atoms with Gasteiger partial charge in [-0.2, -0.15) is 0 Å². The number of carbonyl (C=O) groups excluding carboxylic acids is 3. The smallest absolute Gasteiger partial charge is 0.255 e. The second-order valence-corrected chi connectivity index (χ2v) is 9.20. The van der Waals surface area contributed by atoms with Crippen molar-refractivity contribution >= 4 is 17.5 Å². The van der Waals surface area contributed by atoms with Gasteiger partial charge in [0.25, 0.3) is 5.91 Å². The van der Waals surface area contributed by atoms with Gasteiger partial charge in [-0.15, -0.1) is 0 Å². The van der Waals surface area contributed by atoms with Gasteiger partial charge in [0.05, 0.1) is 11.8 Å². The quantitative estimate of drug-likeness (QED) is 0.354. The molecule has 10 heteroatoms. The van der Waals surface area contributed by atoms with Crippen molar-refractivity contribution in [2.75, 3.05) is 7.05 Å². The Morgan fingerprint density at radius 2 is 1.94 bits per heavy atom. The van der Waals surface area contributed by atoms with Crippen LogP contribution >= 0.6 is 0 Å². The fourth-order valence-corrected chi connectivity index (χ4v) is 5.73. The molecule has 1 unspecified atom stereocenters. The minimum absolute atomic E-state index is 0.0501. The van der Waals surface area contributed by atoms with Crippen LogP contribution in [0.4, 0.5) is 0 Å². The first-order valence-corrected chi connectivity index (χ1v) is 11.1. The van der Waals surface area contributed by atoms with Gasteiger partial charge in [0.1, 0.15) is 28.6 Å². The lowest BCUT2D eigenvalue weighted by Crippen LogP contribution is -2.57. The molecule has 0 saturated heterocycles. The first kappa shape index (κ1) is 22.9. The summed E-state index contributed by atoms with van der Waals surface area (Å²) in [4.78, 5) is 38.4. The summed E-state index contributed by atoms with van der Waals surface area (Å²) in [5.41, 5.74) is 3.57. The van der Waals surface area contributed by atoms with Crippen LogP contribution in [0.3, 0.4) is 0 Å². The first-order valence-electron chi connectivity index (χ1n) is 11.1. The van der Waals surface area contributed by atoms with E-state index in [-0.39, 0.29) is 36.1 Å². The Hall–Kier alpha value is -3.89. The van der Waals surface area contributed by atoms with Crippen molar-refractivity contribution < 1.29 is 39.2 Å². The standard InChI is InChI=1S/C25H24N2O8/c1-27-9-10-4-5-35-21(10)13-2-3-15(28)18-14(13)7-11-6-12-8-16(29)19(24(26)33)23(32)25(12,34)22(31)17(11)20(18)30/h2-5,11-12,27-29,31,34H,6-9H2,1H3,(H2,26,33)/t11?,12-,25-/m0/s1. The Morgan fingerprint density at radius 1 is 1.20 bits per heavy atom. The summed E-state index contributed by atoms with van der Waals surface area (Å²) in [6.07, 6.45) is 1.53. The number of Topliss-reactive ketones (excluding diaryl/α,β-unsaturated/α-hetero) is 2. The zero-order valence-corrected chi connectivity index (χ0v) is 18.8. The van der Waals surface area contributed by atoms with E-state index in [9.17, 15) is 34.8 Å². The number of amides is 1. The van der Waals surface area contributed by atoms with Crippen molar-refractivity contribution in [3.8, 4) is 17.1 Å². The number of phenols is 1. The first-order chi connectivity index (χ1) is 16.6. The molecule has 1 aromatic carbocycles. The zero-order valence-electron chi connectivity index (χ0n) is 18.8. The largest absolute Gasteiger partial charge is 0.511 e. The summed E-state index contributed by atoms with van der Waals surface area (Å²) in [7, 11) is 1.79. The van der Waals surface area contributed by atoms with E-state index in [0.717, 1.165) is 5.56 Å². The molecule has 0 bridgehead atoms. The molecule has 0 radical (unpaired) electrons. The average Bonchev–Trinajstić information content (AvgIpc) is 3.24. The van der Waals surface area contributed by atoms with Crippen LogP contribution in [0.25, 0.3) is 11.3 Å². The highest BCUT2D eigenvalue weighted by atomic mass is 16.3. The molecule has 182 valence electrons. The molecule has 3 aliphatic rings. The molecule has 3 atom stereocenters. The van der Waals surface area contributed by atoms with Crippen molar-refractivity contribution in [3.63, 3.8) is 0 Å². The predicted molar refractivity (Wildman–Crippen MR) is 121 cm³/mol. The summed E-state index contributed by atoms with van der Waals surface area (Å²) >= 11 is 0. The molecule has 1 heterocycles. The highest BCUT2D eigenvalue weighted by Crippen LogP contribution is 2.52. The van der Waals surface area contributed by atoms with Gasteiger partial charge in [0, 0.05) is 35.6 Å². The van der Waals surface area contributed by atoms with E-state index in [1.54, 1.807) is 19.2 Å². The number of rotatable bonds is 4.